The smallest absolute Gasteiger partial charge is 0.123 e. The SMILES string of the molecule is CN(Cc1ccc(F)cc1)CC1(C#N)CC1. The number of rotatable bonds is 4. The maximum absolute atomic E-state index is 12.7. The highest BCUT2D eigenvalue weighted by Crippen LogP contribution is 2.45. The van der Waals surface area contributed by atoms with E-state index in [1.54, 1.807) is 12.1 Å². The van der Waals surface area contributed by atoms with Crippen molar-refractivity contribution in [3.8, 4) is 6.07 Å². The van der Waals surface area contributed by atoms with Crippen molar-refractivity contribution in [2.75, 3.05) is 13.6 Å². The zero-order valence-corrected chi connectivity index (χ0v) is 9.41. The molecule has 3 heteroatoms. The lowest BCUT2D eigenvalue weighted by atomic mass is 10.1. The summed E-state index contributed by atoms with van der Waals surface area (Å²) in [4.78, 5) is 2.13. The van der Waals surface area contributed by atoms with Crippen LogP contribution in [0.3, 0.4) is 0 Å². The van der Waals surface area contributed by atoms with Gasteiger partial charge in [-0.25, -0.2) is 4.39 Å². The standard InChI is InChI=1S/C13H15FN2/c1-16(10-13(9-15)6-7-13)8-11-2-4-12(14)5-3-11/h2-5H,6-8,10H2,1H3. The third kappa shape index (κ3) is 2.59. The second-order valence-electron chi connectivity index (χ2n) is 4.69. The molecule has 0 unspecified atom stereocenters. The van der Waals surface area contributed by atoms with Crippen molar-refractivity contribution in [2.24, 2.45) is 5.41 Å². The van der Waals surface area contributed by atoms with Gasteiger partial charge in [-0.1, -0.05) is 12.1 Å². The van der Waals surface area contributed by atoms with Gasteiger partial charge in [0, 0.05) is 13.1 Å². The van der Waals surface area contributed by atoms with Crippen LogP contribution in [0.25, 0.3) is 0 Å². The summed E-state index contributed by atoms with van der Waals surface area (Å²) in [5.74, 6) is -0.206. The summed E-state index contributed by atoms with van der Waals surface area (Å²) in [5, 5.41) is 8.98. The average Bonchev–Trinajstić information content (AvgIpc) is 3.02. The first kappa shape index (κ1) is 11.1. The van der Waals surface area contributed by atoms with Crippen LogP contribution >= 0.6 is 0 Å². The molecule has 2 nitrogen and oxygen atoms in total. The average molecular weight is 218 g/mol. The third-order valence-corrected chi connectivity index (χ3v) is 3.03. The van der Waals surface area contributed by atoms with Crippen molar-refractivity contribution < 1.29 is 4.39 Å². The number of nitrogens with zero attached hydrogens (tertiary/aromatic N) is 2. The molecule has 1 fully saturated rings. The second-order valence-corrected chi connectivity index (χ2v) is 4.69. The molecule has 0 saturated heterocycles. The molecule has 1 aromatic rings. The van der Waals surface area contributed by atoms with Gasteiger partial charge in [-0.15, -0.1) is 0 Å². The molecule has 0 amide bonds. The molecule has 0 heterocycles. The fraction of sp³-hybridized carbons (Fsp3) is 0.462. The second kappa shape index (κ2) is 4.23. The third-order valence-electron chi connectivity index (χ3n) is 3.03. The Labute approximate surface area is 95.3 Å². The van der Waals surface area contributed by atoms with Crippen molar-refractivity contribution in [1.82, 2.24) is 4.90 Å². The molecule has 1 aliphatic carbocycles. The van der Waals surface area contributed by atoms with E-state index in [4.69, 9.17) is 5.26 Å². The van der Waals surface area contributed by atoms with Crippen LogP contribution in [0.2, 0.25) is 0 Å². The Bertz CT molecular complexity index is 401. The lowest BCUT2D eigenvalue weighted by Gasteiger charge is -2.19. The lowest BCUT2D eigenvalue weighted by molar-refractivity contribution is 0.286. The van der Waals surface area contributed by atoms with Crippen LogP contribution in [-0.4, -0.2) is 18.5 Å². The van der Waals surface area contributed by atoms with Crippen LogP contribution in [0.4, 0.5) is 4.39 Å². The maximum atomic E-state index is 12.7. The van der Waals surface area contributed by atoms with Crippen LogP contribution in [0.1, 0.15) is 18.4 Å². The fourth-order valence-corrected chi connectivity index (χ4v) is 1.93. The van der Waals surface area contributed by atoms with E-state index in [9.17, 15) is 4.39 Å². The predicted molar refractivity (Wildman–Crippen MR) is 60.0 cm³/mol. The molecule has 0 atom stereocenters. The Morgan fingerprint density at radius 3 is 2.50 bits per heavy atom. The van der Waals surface area contributed by atoms with Gasteiger partial charge in [0.25, 0.3) is 0 Å². The Morgan fingerprint density at radius 1 is 1.38 bits per heavy atom. The summed E-state index contributed by atoms with van der Waals surface area (Å²) >= 11 is 0. The van der Waals surface area contributed by atoms with E-state index in [0.29, 0.717) is 0 Å². The Balaban J connectivity index is 1.90. The van der Waals surface area contributed by atoms with Gasteiger partial charge < -0.3 is 4.90 Å². The molecule has 1 aromatic carbocycles. The first-order chi connectivity index (χ1) is 7.63. The molecule has 1 aliphatic rings. The quantitative estimate of drug-likeness (QED) is 0.776. The van der Waals surface area contributed by atoms with Crippen molar-refractivity contribution in [2.45, 2.75) is 19.4 Å². The minimum absolute atomic E-state index is 0.102. The summed E-state index contributed by atoms with van der Waals surface area (Å²) in [6, 6.07) is 8.90. The van der Waals surface area contributed by atoms with Gasteiger partial charge >= 0.3 is 0 Å². The molecular weight excluding hydrogens is 203 g/mol. The molecule has 16 heavy (non-hydrogen) atoms. The van der Waals surface area contributed by atoms with Crippen LogP contribution in [0, 0.1) is 22.6 Å². The number of hydrogen-bond donors (Lipinski definition) is 0. The van der Waals surface area contributed by atoms with E-state index in [1.807, 2.05) is 7.05 Å². The van der Waals surface area contributed by atoms with Crippen LogP contribution in [0.15, 0.2) is 24.3 Å². The van der Waals surface area contributed by atoms with Crippen LogP contribution < -0.4 is 0 Å². The van der Waals surface area contributed by atoms with E-state index in [2.05, 4.69) is 11.0 Å². The van der Waals surface area contributed by atoms with Gasteiger partial charge in [0.05, 0.1) is 11.5 Å². The fourth-order valence-electron chi connectivity index (χ4n) is 1.93. The summed E-state index contributed by atoms with van der Waals surface area (Å²) in [7, 11) is 2.00. The highest BCUT2D eigenvalue weighted by Gasteiger charge is 2.43. The van der Waals surface area contributed by atoms with Gasteiger partial charge in [-0.2, -0.15) is 5.26 Å². The van der Waals surface area contributed by atoms with Gasteiger partial charge in [-0.05, 0) is 37.6 Å². The number of nitriles is 1. The van der Waals surface area contributed by atoms with Crippen LogP contribution in [-0.2, 0) is 6.54 Å². The van der Waals surface area contributed by atoms with Crippen molar-refractivity contribution in [3.63, 3.8) is 0 Å². The summed E-state index contributed by atoms with van der Waals surface area (Å²) < 4.78 is 12.7. The summed E-state index contributed by atoms with van der Waals surface area (Å²) in [6.07, 6.45) is 2.02. The Morgan fingerprint density at radius 2 is 2.00 bits per heavy atom. The van der Waals surface area contributed by atoms with Crippen LogP contribution in [0.5, 0.6) is 0 Å². The van der Waals surface area contributed by atoms with Gasteiger partial charge in [-0.3, -0.25) is 0 Å². The first-order valence-corrected chi connectivity index (χ1v) is 5.48. The zero-order valence-electron chi connectivity index (χ0n) is 9.41. The Hall–Kier alpha value is -1.40. The van der Waals surface area contributed by atoms with Gasteiger partial charge in [0.1, 0.15) is 5.82 Å². The van der Waals surface area contributed by atoms with E-state index < -0.39 is 0 Å². The molecule has 0 spiro atoms. The van der Waals surface area contributed by atoms with E-state index in [1.165, 1.54) is 12.1 Å². The maximum Gasteiger partial charge on any atom is 0.123 e. The van der Waals surface area contributed by atoms with Gasteiger partial charge in [0.15, 0.2) is 0 Å². The van der Waals surface area contributed by atoms with Gasteiger partial charge in [0.2, 0.25) is 0 Å². The first-order valence-electron chi connectivity index (χ1n) is 5.48. The number of benzene rings is 1. The number of halogens is 1. The molecule has 1 saturated carbocycles. The summed E-state index contributed by atoms with van der Waals surface area (Å²) in [5.41, 5.74) is 0.979. The molecule has 84 valence electrons. The minimum Gasteiger partial charge on any atom is -0.301 e. The van der Waals surface area contributed by atoms with Crippen molar-refractivity contribution in [3.05, 3.63) is 35.6 Å². The molecule has 0 aromatic heterocycles. The minimum atomic E-state index is -0.206. The monoisotopic (exact) mass is 218 g/mol. The number of hydrogen-bond acceptors (Lipinski definition) is 2. The highest BCUT2D eigenvalue weighted by atomic mass is 19.1. The predicted octanol–water partition coefficient (Wildman–Crippen LogP) is 2.56. The van der Waals surface area contributed by atoms with E-state index in [0.717, 1.165) is 31.5 Å². The molecular formula is C13H15FN2. The molecule has 0 aliphatic heterocycles. The molecule has 0 N–H and O–H groups in total. The van der Waals surface area contributed by atoms with E-state index in [-0.39, 0.29) is 11.2 Å². The highest BCUT2D eigenvalue weighted by molar-refractivity contribution is 5.16. The molecule has 0 radical (unpaired) electrons. The Kier molecular flexibility index (Phi) is 2.93. The largest absolute Gasteiger partial charge is 0.301 e. The normalized spacial score (nSPS) is 17.1. The zero-order chi connectivity index (χ0) is 11.6. The molecule has 2 rings (SSSR count). The summed E-state index contributed by atoms with van der Waals surface area (Å²) in [6.45, 7) is 1.57. The topological polar surface area (TPSA) is 27.0 Å². The van der Waals surface area contributed by atoms with Crippen molar-refractivity contribution >= 4 is 0 Å². The molecule has 0 bridgehead atoms. The lowest BCUT2D eigenvalue weighted by Crippen LogP contribution is -2.25. The van der Waals surface area contributed by atoms with Crippen molar-refractivity contribution in [1.29, 1.82) is 5.26 Å². The van der Waals surface area contributed by atoms with E-state index >= 15 is 0 Å².